The van der Waals surface area contributed by atoms with E-state index in [2.05, 4.69) is 45.8 Å². The van der Waals surface area contributed by atoms with Gasteiger partial charge in [0.25, 0.3) is 5.91 Å². The Labute approximate surface area is 188 Å². The second kappa shape index (κ2) is 8.69. The van der Waals surface area contributed by atoms with Crippen molar-refractivity contribution in [3.05, 3.63) is 42.4 Å². The van der Waals surface area contributed by atoms with Crippen molar-refractivity contribution in [2.45, 2.75) is 44.0 Å². The number of carboxylic acid groups (broad SMARTS) is 1. The number of ether oxygens (including phenoxy) is 1. The number of aliphatic carboxylic acids is 1. The molecule has 1 spiro atoms. The molecule has 2 fully saturated rings. The number of halogens is 3. The fourth-order valence-corrected chi connectivity index (χ4v) is 4.96. The van der Waals surface area contributed by atoms with E-state index in [9.17, 15) is 18.0 Å². The number of aromatic nitrogens is 2. The molecule has 0 bridgehead atoms. The zero-order valence-electron chi connectivity index (χ0n) is 18.1. The van der Waals surface area contributed by atoms with Crippen LogP contribution < -0.4 is 4.90 Å². The molecule has 11 heteroatoms. The van der Waals surface area contributed by atoms with Gasteiger partial charge in [-0.25, -0.2) is 9.78 Å². The van der Waals surface area contributed by atoms with E-state index in [1.807, 2.05) is 17.2 Å². The summed E-state index contributed by atoms with van der Waals surface area (Å²) in [5, 5.41) is 7.12. The van der Waals surface area contributed by atoms with Crippen molar-refractivity contribution < 1.29 is 32.6 Å². The second-order valence-electron chi connectivity index (χ2n) is 8.20. The van der Waals surface area contributed by atoms with Crippen LogP contribution in [0.3, 0.4) is 0 Å². The predicted molar refractivity (Wildman–Crippen MR) is 112 cm³/mol. The van der Waals surface area contributed by atoms with E-state index < -0.39 is 12.1 Å². The van der Waals surface area contributed by atoms with E-state index in [4.69, 9.17) is 14.6 Å². The van der Waals surface area contributed by atoms with Crippen molar-refractivity contribution in [3.63, 3.8) is 0 Å². The minimum atomic E-state index is -5.08. The van der Waals surface area contributed by atoms with E-state index in [0.717, 1.165) is 43.9 Å². The number of carbonyl (C=O) groups excluding carboxylic acids is 1. The highest BCUT2D eigenvalue weighted by Crippen LogP contribution is 2.46. The fraction of sp³-hybridized carbons (Fsp3) is 0.500. The molecule has 5 rings (SSSR count). The molecule has 3 aliphatic rings. The molecule has 0 saturated carbocycles. The summed E-state index contributed by atoms with van der Waals surface area (Å²) in [6.07, 6.45) is 1.36. The third-order valence-electron chi connectivity index (χ3n) is 6.35. The maximum atomic E-state index is 12.9. The van der Waals surface area contributed by atoms with Gasteiger partial charge in [-0.3, -0.25) is 4.79 Å². The van der Waals surface area contributed by atoms with Gasteiger partial charge in [0.05, 0.1) is 16.9 Å². The molecule has 5 heterocycles. The summed E-state index contributed by atoms with van der Waals surface area (Å²) in [7, 11) is 0. The van der Waals surface area contributed by atoms with Gasteiger partial charge in [0.1, 0.15) is 6.10 Å². The summed E-state index contributed by atoms with van der Waals surface area (Å²) in [4.78, 5) is 30.9. The number of hydrogen-bond acceptors (Lipinski definition) is 5. The van der Waals surface area contributed by atoms with Gasteiger partial charge in [0, 0.05) is 38.6 Å². The first-order chi connectivity index (χ1) is 15.7. The maximum absolute atomic E-state index is 12.9. The number of pyridine rings is 1. The Kier molecular flexibility index (Phi) is 6.08. The van der Waals surface area contributed by atoms with Crippen molar-refractivity contribution in [2.75, 3.05) is 31.1 Å². The summed E-state index contributed by atoms with van der Waals surface area (Å²) in [5.41, 5.74) is 2.18. The predicted octanol–water partition coefficient (Wildman–Crippen LogP) is 2.95. The summed E-state index contributed by atoms with van der Waals surface area (Å²) < 4.78 is 39.6. The summed E-state index contributed by atoms with van der Waals surface area (Å²) >= 11 is 0. The number of nitrogens with zero attached hydrogens (tertiary/aromatic N) is 4. The lowest BCUT2D eigenvalue weighted by Crippen LogP contribution is -2.53. The molecule has 0 aromatic carbocycles. The molecule has 1 N–H and O–H groups in total. The number of carboxylic acids is 1. The van der Waals surface area contributed by atoms with E-state index in [0.29, 0.717) is 13.2 Å². The summed E-state index contributed by atoms with van der Waals surface area (Å²) in [6.45, 7) is 5.25. The molecule has 1 unspecified atom stereocenters. The number of carbonyl (C=O) groups is 2. The zero-order chi connectivity index (χ0) is 23.8. The zero-order valence-corrected chi connectivity index (χ0v) is 18.1. The lowest BCUT2D eigenvalue weighted by molar-refractivity contribution is -0.192. The highest BCUT2D eigenvalue weighted by Gasteiger charge is 2.51. The average molecular weight is 466 g/mol. The highest BCUT2D eigenvalue weighted by atomic mass is 19.4. The quantitative estimate of drug-likeness (QED) is 0.732. The Morgan fingerprint density at radius 2 is 2.06 bits per heavy atom. The largest absolute Gasteiger partial charge is 0.490 e. The third kappa shape index (κ3) is 4.05. The molecule has 8 nitrogen and oxygen atoms in total. The van der Waals surface area contributed by atoms with E-state index in [1.54, 1.807) is 0 Å². The number of alkyl halides is 3. The van der Waals surface area contributed by atoms with Gasteiger partial charge >= 0.3 is 12.1 Å². The number of likely N-dealkylation sites (N-methyl/N-ethyl adjacent to an activating group) is 1. The van der Waals surface area contributed by atoms with Gasteiger partial charge in [-0.2, -0.15) is 13.2 Å². The van der Waals surface area contributed by atoms with Crippen LogP contribution in [0.1, 0.15) is 31.9 Å². The molecule has 33 heavy (non-hydrogen) atoms. The van der Waals surface area contributed by atoms with E-state index in [-0.39, 0.29) is 17.6 Å². The van der Waals surface area contributed by atoms with Gasteiger partial charge in [0.15, 0.2) is 5.82 Å². The van der Waals surface area contributed by atoms with Gasteiger partial charge in [-0.1, -0.05) is 0 Å². The molecule has 2 aromatic rings. The summed E-state index contributed by atoms with van der Waals surface area (Å²) in [5.74, 6) is -1.62. The number of fused-ring (bicyclic) bond motifs is 4. The standard InChI is InChI=1S/C20H24N4O2.C2HF3O2/c1-2-24-15-6-3-10-21-18(15)23-11-4-8-17(23)20(24)9-12-22(14-20)19(25)16-7-5-13-26-16;3-2(4,5)1(6)7/h3-4,6,8,10-11,16H,2,5,7,9,12-14H2,1H3;(H,6,7)/t16-,20?;/m1./s1. The van der Waals surface area contributed by atoms with E-state index >= 15 is 0 Å². The van der Waals surface area contributed by atoms with Gasteiger partial charge in [0.2, 0.25) is 0 Å². The van der Waals surface area contributed by atoms with Gasteiger partial charge in [-0.05, 0) is 50.5 Å². The van der Waals surface area contributed by atoms with Crippen LogP contribution in [-0.4, -0.2) is 70.0 Å². The molecule has 3 aliphatic heterocycles. The van der Waals surface area contributed by atoms with Gasteiger partial charge in [-0.15, -0.1) is 0 Å². The molecule has 178 valence electrons. The van der Waals surface area contributed by atoms with Crippen LogP contribution in [0.15, 0.2) is 36.7 Å². The molecule has 0 aliphatic carbocycles. The number of hydrogen-bond donors (Lipinski definition) is 1. The molecule has 1 amide bonds. The molecule has 2 saturated heterocycles. The Morgan fingerprint density at radius 1 is 1.30 bits per heavy atom. The fourth-order valence-electron chi connectivity index (χ4n) is 4.96. The first kappa shape index (κ1) is 23.1. The molecule has 2 aromatic heterocycles. The van der Waals surface area contributed by atoms with Crippen molar-refractivity contribution >= 4 is 17.6 Å². The van der Waals surface area contributed by atoms with Crippen molar-refractivity contribution in [1.82, 2.24) is 14.5 Å². The molecule has 2 atom stereocenters. The Hall–Kier alpha value is -3.08. The maximum Gasteiger partial charge on any atom is 0.490 e. The van der Waals surface area contributed by atoms with Crippen molar-refractivity contribution in [2.24, 2.45) is 0 Å². The molecular formula is C22H25F3N4O4. The third-order valence-corrected chi connectivity index (χ3v) is 6.35. The summed E-state index contributed by atoms with van der Waals surface area (Å²) in [6, 6.07) is 8.40. The normalized spacial score (nSPS) is 23.7. The van der Waals surface area contributed by atoms with Crippen LogP contribution in [0, 0.1) is 0 Å². The number of rotatable bonds is 2. The number of likely N-dealkylation sites (tertiary alicyclic amines) is 1. The van der Waals surface area contributed by atoms with Crippen molar-refractivity contribution in [1.29, 1.82) is 0 Å². The van der Waals surface area contributed by atoms with Crippen LogP contribution in [0.25, 0.3) is 5.82 Å². The minimum absolute atomic E-state index is 0.158. The average Bonchev–Trinajstić information content (AvgIpc) is 3.54. The first-order valence-electron chi connectivity index (χ1n) is 10.8. The van der Waals surface area contributed by atoms with Crippen LogP contribution >= 0.6 is 0 Å². The minimum Gasteiger partial charge on any atom is -0.475 e. The van der Waals surface area contributed by atoms with Crippen molar-refractivity contribution in [3.8, 4) is 5.82 Å². The lowest BCUT2D eigenvalue weighted by Gasteiger charge is -2.46. The van der Waals surface area contributed by atoms with Gasteiger partial charge < -0.3 is 24.2 Å². The lowest BCUT2D eigenvalue weighted by atomic mass is 9.89. The number of anilines is 1. The second-order valence-corrected chi connectivity index (χ2v) is 8.20. The molecule has 0 radical (unpaired) electrons. The first-order valence-corrected chi connectivity index (χ1v) is 10.8. The Bertz CT molecular complexity index is 1030. The SMILES string of the molecule is CCN1c2cccnc2-n2cccc2C12CCN(C(=O)[C@H]1CCCO1)C2.O=C(O)C(F)(F)F. The van der Waals surface area contributed by atoms with Crippen LogP contribution in [-0.2, 0) is 19.9 Å². The molecular weight excluding hydrogens is 441 g/mol. The Morgan fingerprint density at radius 3 is 2.70 bits per heavy atom. The Balaban J connectivity index is 0.000000325. The number of amides is 1. The van der Waals surface area contributed by atoms with Crippen LogP contribution in [0.2, 0.25) is 0 Å². The highest BCUT2D eigenvalue weighted by molar-refractivity contribution is 5.82. The van der Waals surface area contributed by atoms with Crippen LogP contribution in [0.5, 0.6) is 0 Å². The smallest absolute Gasteiger partial charge is 0.475 e. The monoisotopic (exact) mass is 466 g/mol. The topological polar surface area (TPSA) is 87.9 Å². The van der Waals surface area contributed by atoms with E-state index in [1.165, 1.54) is 5.69 Å². The van der Waals surface area contributed by atoms with Crippen LogP contribution in [0.4, 0.5) is 18.9 Å².